The van der Waals surface area contributed by atoms with Crippen LogP contribution in [0.3, 0.4) is 0 Å². The highest BCUT2D eigenvalue weighted by Gasteiger charge is 2.22. The topological polar surface area (TPSA) is 48.5 Å². The van der Waals surface area contributed by atoms with Gasteiger partial charge in [0.25, 0.3) is 5.91 Å². The van der Waals surface area contributed by atoms with Crippen molar-refractivity contribution >= 4 is 34.1 Å². The summed E-state index contributed by atoms with van der Waals surface area (Å²) in [6, 6.07) is 16.3. The molecule has 0 atom stereocenters. The van der Waals surface area contributed by atoms with Crippen LogP contribution < -0.4 is 10.2 Å². The maximum Gasteiger partial charge on any atom is 0.253 e. The van der Waals surface area contributed by atoms with E-state index in [1.54, 1.807) is 6.20 Å². The highest BCUT2D eigenvalue weighted by molar-refractivity contribution is 6.31. The van der Waals surface area contributed by atoms with Crippen molar-refractivity contribution in [1.29, 1.82) is 0 Å². The predicted octanol–water partition coefficient (Wildman–Crippen LogP) is 5.52. The van der Waals surface area contributed by atoms with Gasteiger partial charge in [0.2, 0.25) is 0 Å². The number of pyridine rings is 1. The number of rotatable bonds is 6. The predicted molar refractivity (Wildman–Crippen MR) is 140 cm³/mol. The maximum absolute atomic E-state index is 13.1. The zero-order chi connectivity index (χ0) is 23.3. The van der Waals surface area contributed by atoms with Crippen LogP contribution in [0.4, 0.5) is 5.82 Å². The number of fused-ring (bicyclic) bond motifs is 1. The highest BCUT2D eigenvalue weighted by atomic mass is 35.5. The second-order valence-electron chi connectivity index (χ2n) is 9.61. The van der Waals surface area contributed by atoms with Gasteiger partial charge in [-0.3, -0.25) is 9.69 Å². The molecule has 0 radical (unpaired) electrons. The minimum atomic E-state index is -0.0209. The summed E-state index contributed by atoms with van der Waals surface area (Å²) in [6.07, 6.45) is 7.63. The Labute approximate surface area is 207 Å². The summed E-state index contributed by atoms with van der Waals surface area (Å²) in [5, 5.41) is 6.10. The van der Waals surface area contributed by atoms with Gasteiger partial charge < -0.3 is 10.2 Å². The second-order valence-corrected chi connectivity index (χ2v) is 10.0. The van der Waals surface area contributed by atoms with Crippen molar-refractivity contribution in [2.45, 2.75) is 38.6 Å². The molecule has 0 unspecified atom stereocenters. The fraction of sp³-hybridized carbons (Fsp3) is 0.429. The average molecular weight is 477 g/mol. The molecule has 6 heteroatoms. The first-order chi connectivity index (χ1) is 16.7. The molecule has 2 saturated heterocycles. The third-order valence-corrected chi connectivity index (χ3v) is 7.65. The fourth-order valence-corrected chi connectivity index (χ4v) is 5.46. The van der Waals surface area contributed by atoms with Crippen LogP contribution in [-0.4, -0.2) is 48.5 Å². The number of hydrogen-bond acceptors (Lipinski definition) is 4. The number of likely N-dealkylation sites (tertiary alicyclic amines) is 1. The van der Waals surface area contributed by atoms with Gasteiger partial charge in [-0.2, -0.15) is 0 Å². The van der Waals surface area contributed by atoms with E-state index in [1.165, 1.54) is 24.8 Å². The second kappa shape index (κ2) is 10.7. The Kier molecular flexibility index (Phi) is 7.31. The zero-order valence-corrected chi connectivity index (χ0v) is 20.4. The van der Waals surface area contributed by atoms with E-state index in [0.717, 1.165) is 67.2 Å². The van der Waals surface area contributed by atoms with Gasteiger partial charge >= 0.3 is 0 Å². The molecule has 5 rings (SSSR count). The molecule has 2 fully saturated rings. The number of nitrogens with zero attached hydrogens (tertiary/aromatic N) is 3. The van der Waals surface area contributed by atoms with Crippen molar-refractivity contribution in [2.24, 2.45) is 5.92 Å². The Morgan fingerprint density at radius 3 is 2.41 bits per heavy atom. The van der Waals surface area contributed by atoms with Gasteiger partial charge in [0, 0.05) is 42.8 Å². The van der Waals surface area contributed by atoms with E-state index in [4.69, 9.17) is 16.6 Å². The number of halogens is 1. The van der Waals surface area contributed by atoms with Crippen LogP contribution in [0.2, 0.25) is 5.02 Å². The number of benzene rings is 2. The van der Waals surface area contributed by atoms with Crippen molar-refractivity contribution in [3.05, 3.63) is 70.9 Å². The van der Waals surface area contributed by atoms with E-state index in [2.05, 4.69) is 27.2 Å². The number of anilines is 1. The third-order valence-electron chi connectivity index (χ3n) is 7.28. The van der Waals surface area contributed by atoms with Gasteiger partial charge in [0.1, 0.15) is 5.82 Å². The van der Waals surface area contributed by atoms with E-state index >= 15 is 0 Å². The molecule has 5 nitrogen and oxygen atoms in total. The summed E-state index contributed by atoms with van der Waals surface area (Å²) in [5.41, 5.74) is 1.86. The number of carbonyl (C=O) groups excluding carboxylic acids is 1. The Bertz CT molecular complexity index is 1140. The number of amides is 1. The van der Waals surface area contributed by atoms with E-state index < -0.39 is 0 Å². The Hall–Kier alpha value is -2.63. The first kappa shape index (κ1) is 23.1. The summed E-state index contributed by atoms with van der Waals surface area (Å²) in [7, 11) is 0. The minimum absolute atomic E-state index is 0.0209. The van der Waals surface area contributed by atoms with Crippen molar-refractivity contribution in [3.8, 4) is 0 Å². The van der Waals surface area contributed by atoms with Gasteiger partial charge in [-0.05, 0) is 68.1 Å². The van der Waals surface area contributed by atoms with Gasteiger partial charge in [-0.25, -0.2) is 4.98 Å². The van der Waals surface area contributed by atoms with Crippen LogP contribution in [0.25, 0.3) is 10.8 Å². The summed E-state index contributed by atoms with van der Waals surface area (Å²) in [5.74, 6) is 1.49. The van der Waals surface area contributed by atoms with Crippen LogP contribution in [0.15, 0.2) is 54.7 Å². The average Bonchev–Trinajstić information content (AvgIpc) is 2.89. The first-order valence-electron chi connectivity index (χ1n) is 12.6. The molecule has 1 N–H and O–H groups in total. The van der Waals surface area contributed by atoms with Crippen molar-refractivity contribution in [2.75, 3.05) is 37.6 Å². The smallest absolute Gasteiger partial charge is 0.253 e. The molecule has 2 aliphatic heterocycles. The molecule has 0 spiro atoms. The number of piperidine rings is 2. The molecule has 0 bridgehead atoms. The van der Waals surface area contributed by atoms with Crippen LogP contribution in [-0.2, 0) is 6.54 Å². The maximum atomic E-state index is 13.1. The number of carbonyl (C=O) groups is 1. The SMILES string of the molecule is O=C(NCC1CCN(Cc2ccccc2Cl)CC1)c1cnc(N2CCCCC2)c2ccccc12. The largest absolute Gasteiger partial charge is 0.356 e. The van der Waals surface area contributed by atoms with E-state index in [0.29, 0.717) is 18.0 Å². The molecule has 0 aliphatic carbocycles. The monoisotopic (exact) mass is 476 g/mol. The molecule has 1 amide bonds. The van der Waals surface area contributed by atoms with Crippen LogP contribution >= 0.6 is 11.6 Å². The molecule has 1 aromatic heterocycles. The Morgan fingerprint density at radius 2 is 1.65 bits per heavy atom. The Morgan fingerprint density at radius 1 is 0.941 bits per heavy atom. The van der Waals surface area contributed by atoms with Gasteiger partial charge in [-0.15, -0.1) is 0 Å². The number of hydrogen-bond donors (Lipinski definition) is 1. The van der Waals surface area contributed by atoms with E-state index in [-0.39, 0.29) is 5.91 Å². The molecule has 2 aromatic carbocycles. The summed E-state index contributed by atoms with van der Waals surface area (Å²) >= 11 is 6.33. The Balaban J connectivity index is 1.19. The number of aromatic nitrogens is 1. The lowest BCUT2D eigenvalue weighted by atomic mass is 9.96. The van der Waals surface area contributed by atoms with Gasteiger partial charge in [0.15, 0.2) is 0 Å². The quantitative estimate of drug-likeness (QED) is 0.508. The van der Waals surface area contributed by atoms with Crippen LogP contribution in [0.1, 0.15) is 48.0 Å². The number of nitrogens with one attached hydrogen (secondary N) is 1. The summed E-state index contributed by atoms with van der Waals surface area (Å²) in [6.45, 7) is 5.73. The lowest BCUT2D eigenvalue weighted by Crippen LogP contribution is -2.38. The van der Waals surface area contributed by atoms with Gasteiger partial charge in [0.05, 0.1) is 5.56 Å². The highest BCUT2D eigenvalue weighted by Crippen LogP contribution is 2.29. The van der Waals surface area contributed by atoms with E-state index in [1.807, 2.05) is 36.4 Å². The lowest BCUT2D eigenvalue weighted by molar-refractivity contribution is 0.0936. The van der Waals surface area contributed by atoms with Crippen LogP contribution in [0.5, 0.6) is 0 Å². The first-order valence-corrected chi connectivity index (χ1v) is 12.9. The molecule has 3 heterocycles. The minimum Gasteiger partial charge on any atom is -0.356 e. The molecule has 3 aromatic rings. The molecule has 2 aliphatic rings. The summed E-state index contributed by atoms with van der Waals surface area (Å²) < 4.78 is 0. The van der Waals surface area contributed by atoms with Gasteiger partial charge in [-0.1, -0.05) is 54.1 Å². The summed E-state index contributed by atoms with van der Waals surface area (Å²) in [4.78, 5) is 22.7. The van der Waals surface area contributed by atoms with Crippen molar-refractivity contribution < 1.29 is 4.79 Å². The molecular formula is C28H33ClN4O. The normalized spacial score (nSPS) is 17.7. The fourth-order valence-electron chi connectivity index (χ4n) is 5.26. The third kappa shape index (κ3) is 5.21. The lowest BCUT2D eigenvalue weighted by Gasteiger charge is -2.32. The zero-order valence-electron chi connectivity index (χ0n) is 19.7. The molecular weight excluding hydrogens is 444 g/mol. The van der Waals surface area contributed by atoms with Crippen molar-refractivity contribution in [1.82, 2.24) is 15.2 Å². The van der Waals surface area contributed by atoms with Crippen LogP contribution in [0, 0.1) is 5.92 Å². The van der Waals surface area contributed by atoms with Crippen molar-refractivity contribution in [3.63, 3.8) is 0 Å². The molecule has 178 valence electrons. The van der Waals surface area contributed by atoms with E-state index in [9.17, 15) is 4.79 Å². The molecule has 34 heavy (non-hydrogen) atoms. The standard InChI is InChI=1S/C28H33ClN4O/c29-26-11-5-2-8-22(26)20-32-16-12-21(13-17-32)18-31-28(34)25-19-30-27(33-14-6-1-7-15-33)24-10-4-3-9-23(24)25/h2-5,8-11,19,21H,1,6-7,12-18,20H2,(H,31,34). The molecule has 0 saturated carbocycles.